The van der Waals surface area contributed by atoms with Gasteiger partial charge in [-0.25, -0.2) is 0 Å². The zero-order chi connectivity index (χ0) is 12.3. The van der Waals surface area contributed by atoms with Crippen molar-refractivity contribution in [3.05, 3.63) is 29.3 Å². The fraction of sp³-hybridized carbons (Fsp3) is 0.625. The highest BCUT2D eigenvalue weighted by Gasteiger charge is 2.30. The predicted octanol–water partition coefficient (Wildman–Crippen LogP) is 6.63. The lowest BCUT2D eigenvalue weighted by Crippen LogP contribution is -2.10. The van der Waals surface area contributed by atoms with Crippen molar-refractivity contribution in [3.63, 3.8) is 0 Å². The lowest BCUT2D eigenvalue weighted by atomic mass is 10.1. The molecule has 0 bridgehead atoms. The van der Waals surface area contributed by atoms with Crippen LogP contribution in [0.25, 0.3) is 0 Å². The third-order valence-corrected chi connectivity index (χ3v) is 2.12. The zero-order valence-electron chi connectivity index (χ0n) is 9.65. The molecule has 1 rings (SSSR count). The maximum atomic E-state index is 12.5. The summed E-state index contributed by atoms with van der Waals surface area (Å²) < 4.78 is 37.6. The molecule has 1 aromatic carbocycles. The summed E-state index contributed by atoms with van der Waals surface area (Å²) in [6, 6.07) is 4.02. The van der Waals surface area contributed by atoms with Crippen molar-refractivity contribution in [2.75, 3.05) is 11.9 Å². The quantitative estimate of drug-likeness (QED) is 0.660. The van der Waals surface area contributed by atoms with Crippen LogP contribution in [0, 0.1) is 12.8 Å². The Bertz CT molecular complexity index is 357. The molecule has 0 saturated carbocycles. The molecule has 0 unspecified atom stereocenters. The van der Waals surface area contributed by atoms with Gasteiger partial charge in [0, 0.05) is 12.2 Å². The van der Waals surface area contributed by atoms with Crippen LogP contribution in [-0.2, 0) is 6.18 Å². The van der Waals surface area contributed by atoms with Gasteiger partial charge < -0.3 is 5.32 Å². The first-order chi connectivity index (χ1) is 7.29. The van der Waals surface area contributed by atoms with Gasteiger partial charge in [-0.15, -0.1) is 0 Å². The minimum Gasteiger partial charge on any atom is -0.385 e. The number of nitrogens with one attached hydrogen (secondary N) is 1. The topological polar surface area (TPSA) is 12.0 Å². The molecule has 0 heterocycles. The Hall–Kier alpha value is -1.19. The van der Waals surface area contributed by atoms with E-state index < -0.39 is 11.7 Å². The third kappa shape index (κ3) is 8.83. The van der Waals surface area contributed by atoms with E-state index in [0.29, 0.717) is 23.7 Å². The van der Waals surface area contributed by atoms with Gasteiger partial charge >= 0.3 is 6.18 Å². The molecule has 0 aliphatic heterocycles. The minimum absolute atomic E-state index is 0. The minimum atomic E-state index is -4.28. The molecule has 0 aliphatic carbocycles. The number of hydrogen-bond donors (Lipinski definition) is 1. The lowest BCUT2D eigenvalue weighted by Gasteiger charge is -2.13. The molecule has 20 heavy (non-hydrogen) atoms. The first kappa shape index (κ1) is 27.2. The molecule has 0 radical (unpaired) electrons. The van der Waals surface area contributed by atoms with Gasteiger partial charge in [-0.05, 0) is 36.6 Å². The fourth-order valence-corrected chi connectivity index (χ4v) is 1.37. The molecule has 0 aromatic heterocycles. The zero-order valence-corrected chi connectivity index (χ0v) is 9.65. The van der Waals surface area contributed by atoms with Gasteiger partial charge in [0.25, 0.3) is 0 Å². The Morgan fingerprint density at radius 2 is 1.50 bits per heavy atom. The Morgan fingerprint density at radius 3 is 1.90 bits per heavy atom. The Kier molecular flexibility index (Phi) is 14.4. The van der Waals surface area contributed by atoms with Crippen LogP contribution in [0.5, 0.6) is 0 Å². The van der Waals surface area contributed by atoms with Crippen LogP contribution >= 0.6 is 0 Å². The molecule has 1 N–H and O–H groups in total. The molecule has 0 aliphatic rings. The summed E-state index contributed by atoms with van der Waals surface area (Å²) in [5.74, 6) is 0.398. The fourth-order valence-electron chi connectivity index (χ4n) is 1.37. The molecule has 122 valence electrons. The second-order valence-corrected chi connectivity index (χ2v) is 4.36. The van der Waals surface area contributed by atoms with Crippen molar-refractivity contribution in [3.8, 4) is 0 Å². The summed E-state index contributed by atoms with van der Waals surface area (Å²) in [5, 5.41) is 3.00. The molecule has 0 spiro atoms. The van der Waals surface area contributed by atoms with Crippen molar-refractivity contribution in [1.82, 2.24) is 0 Å². The van der Waals surface area contributed by atoms with E-state index in [0.717, 1.165) is 12.1 Å². The highest BCUT2D eigenvalue weighted by molar-refractivity contribution is 5.49. The number of hydrogen-bond acceptors (Lipinski definition) is 1. The molecular formula is C16H32F3N. The van der Waals surface area contributed by atoms with Crippen LogP contribution in [0.2, 0.25) is 0 Å². The highest BCUT2D eigenvalue weighted by Crippen LogP contribution is 2.31. The molecule has 0 fully saturated rings. The molecular weight excluding hydrogens is 263 g/mol. The van der Waals surface area contributed by atoms with E-state index in [9.17, 15) is 13.2 Å². The van der Waals surface area contributed by atoms with Gasteiger partial charge in [0.15, 0.2) is 0 Å². The van der Waals surface area contributed by atoms with E-state index in [-0.39, 0.29) is 29.7 Å². The average Bonchev–Trinajstić information content (AvgIpc) is 2.12. The van der Waals surface area contributed by atoms with Crippen LogP contribution in [0.3, 0.4) is 0 Å². The van der Waals surface area contributed by atoms with Crippen molar-refractivity contribution >= 4 is 5.69 Å². The van der Waals surface area contributed by atoms with Crippen molar-refractivity contribution in [2.45, 2.75) is 56.7 Å². The number of anilines is 1. The lowest BCUT2D eigenvalue weighted by molar-refractivity contribution is -0.137. The predicted molar refractivity (Wildman–Crippen MR) is 86.4 cm³/mol. The SMILES string of the molecule is C.C.C.C.Cc1cc(NCC(C)C)cc(C(F)(F)F)c1. The Balaban J connectivity index is -0.000000320. The second kappa shape index (κ2) is 10.6. The molecule has 0 saturated heterocycles. The monoisotopic (exact) mass is 295 g/mol. The van der Waals surface area contributed by atoms with E-state index in [1.165, 1.54) is 0 Å². The molecule has 1 aromatic rings. The number of aryl methyl sites for hydroxylation is 1. The van der Waals surface area contributed by atoms with E-state index in [4.69, 9.17) is 0 Å². The Morgan fingerprint density at radius 1 is 1.00 bits per heavy atom. The van der Waals surface area contributed by atoms with Gasteiger partial charge in [0.2, 0.25) is 0 Å². The number of benzene rings is 1. The highest BCUT2D eigenvalue weighted by atomic mass is 19.4. The third-order valence-electron chi connectivity index (χ3n) is 2.12. The standard InChI is InChI=1S/C12H16F3N.4CH4/c1-8(2)7-16-11-5-9(3)4-10(6-11)12(13,14)15;;;;/h4-6,8,16H,7H2,1-3H3;4*1H4. The Labute approximate surface area is 123 Å². The molecule has 4 heteroatoms. The van der Waals surface area contributed by atoms with Crippen LogP contribution < -0.4 is 5.32 Å². The first-order valence-electron chi connectivity index (χ1n) is 5.22. The summed E-state index contributed by atoms with van der Waals surface area (Å²) in [6.45, 7) is 6.34. The summed E-state index contributed by atoms with van der Waals surface area (Å²) in [6.07, 6.45) is -4.28. The van der Waals surface area contributed by atoms with Gasteiger partial charge in [0.1, 0.15) is 0 Å². The van der Waals surface area contributed by atoms with Crippen LogP contribution in [-0.4, -0.2) is 6.54 Å². The maximum absolute atomic E-state index is 12.5. The van der Waals surface area contributed by atoms with Crippen LogP contribution in [0.1, 0.15) is 54.7 Å². The summed E-state index contributed by atoms with van der Waals surface area (Å²) in [4.78, 5) is 0. The van der Waals surface area contributed by atoms with Crippen LogP contribution in [0.4, 0.5) is 18.9 Å². The van der Waals surface area contributed by atoms with Gasteiger partial charge in [-0.2, -0.15) is 13.2 Å². The van der Waals surface area contributed by atoms with E-state index in [2.05, 4.69) is 5.32 Å². The van der Waals surface area contributed by atoms with Crippen molar-refractivity contribution < 1.29 is 13.2 Å². The normalized spacial score (nSPS) is 9.55. The van der Waals surface area contributed by atoms with Crippen LogP contribution in [0.15, 0.2) is 18.2 Å². The smallest absolute Gasteiger partial charge is 0.385 e. The average molecular weight is 295 g/mol. The molecule has 1 nitrogen and oxygen atoms in total. The summed E-state index contributed by atoms with van der Waals surface area (Å²) in [7, 11) is 0. The van der Waals surface area contributed by atoms with E-state index in [1.54, 1.807) is 13.0 Å². The van der Waals surface area contributed by atoms with E-state index >= 15 is 0 Å². The first-order valence-corrected chi connectivity index (χ1v) is 5.22. The van der Waals surface area contributed by atoms with Gasteiger partial charge in [-0.1, -0.05) is 43.6 Å². The second-order valence-electron chi connectivity index (χ2n) is 4.36. The van der Waals surface area contributed by atoms with Gasteiger partial charge in [0.05, 0.1) is 5.56 Å². The molecule has 0 amide bonds. The summed E-state index contributed by atoms with van der Waals surface area (Å²) >= 11 is 0. The number of rotatable bonds is 3. The van der Waals surface area contributed by atoms with E-state index in [1.807, 2.05) is 13.8 Å². The van der Waals surface area contributed by atoms with Crippen molar-refractivity contribution in [1.29, 1.82) is 0 Å². The van der Waals surface area contributed by atoms with Gasteiger partial charge in [-0.3, -0.25) is 0 Å². The molecule has 0 atom stereocenters. The number of halogens is 3. The number of alkyl halides is 3. The largest absolute Gasteiger partial charge is 0.416 e. The summed E-state index contributed by atoms with van der Waals surface area (Å²) in [5.41, 5.74) is 0.542. The maximum Gasteiger partial charge on any atom is 0.416 e. The van der Waals surface area contributed by atoms with Crippen molar-refractivity contribution in [2.24, 2.45) is 5.92 Å².